The Labute approximate surface area is 360 Å². The van der Waals surface area contributed by atoms with Gasteiger partial charge in [0.2, 0.25) is 0 Å². The van der Waals surface area contributed by atoms with Crippen molar-refractivity contribution in [2.75, 3.05) is 19.6 Å². The van der Waals surface area contributed by atoms with E-state index in [9.17, 15) is 0 Å². The lowest BCUT2D eigenvalue weighted by molar-refractivity contribution is 1.17. The molecule has 296 valence electrons. The van der Waals surface area contributed by atoms with Gasteiger partial charge in [0.25, 0.3) is 0 Å². The van der Waals surface area contributed by atoms with Gasteiger partial charge in [0.15, 0.2) is 0 Å². The first kappa shape index (κ1) is 38.7. The molecule has 0 unspecified atom stereocenters. The fourth-order valence-electron chi connectivity index (χ4n) is 8.14. The Kier molecular flexibility index (Phi) is 11.1. The van der Waals surface area contributed by atoms with Gasteiger partial charge in [-0.25, -0.2) is 0 Å². The van der Waals surface area contributed by atoms with Crippen molar-refractivity contribution in [3.63, 3.8) is 0 Å². The van der Waals surface area contributed by atoms with E-state index in [0.29, 0.717) is 0 Å². The number of hydrogen-bond donors (Lipinski definition) is 0. The Morgan fingerprint density at radius 3 is 0.590 bits per heavy atom. The van der Waals surface area contributed by atoms with Crippen LogP contribution >= 0.6 is 0 Å². The van der Waals surface area contributed by atoms with Gasteiger partial charge in [-0.15, -0.1) is 0 Å². The third-order valence-electron chi connectivity index (χ3n) is 10.9. The number of benzene rings is 9. The molecule has 9 aromatic carbocycles. The van der Waals surface area contributed by atoms with Gasteiger partial charge in [0.05, 0.1) is 34.1 Å². The van der Waals surface area contributed by atoms with Crippen molar-refractivity contribution in [2.24, 2.45) is 0 Å². The summed E-state index contributed by atoms with van der Waals surface area (Å²) in [5.74, 6) is 0. The monoisotopic (exact) mass is 788 g/mol. The van der Waals surface area contributed by atoms with E-state index in [1.807, 2.05) is 0 Å². The molecule has 4 heteroatoms. The van der Waals surface area contributed by atoms with Gasteiger partial charge in [0, 0.05) is 34.1 Å². The maximum atomic E-state index is 2.48. The minimum Gasteiger partial charge on any atom is -0.308 e. The summed E-state index contributed by atoms with van der Waals surface area (Å²) < 4.78 is 0. The Morgan fingerprint density at radius 1 is 0.197 bits per heavy atom. The Bertz CT molecular complexity index is 2400. The van der Waals surface area contributed by atoms with Crippen LogP contribution < -0.4 is 19.6 Å². The molecule has 0 heterocycles. The van der Waals surface area contributed by atoms with Crippen LogP contribution in [0.15, 0.2) is 237 Å². The molecule has 0 radical (unpaired) electrons. The minimum absolute atomic E-state index is 1.02. The molecule has 0 aromatic heterocycles. The maximum absolute atomic E-state index is 2.48. The molecule has 0 N–H and O–H groups in total. The third kappa shape index (κ3) is 8.12. The van der Waals surface area contributed by atoms with Gasteiger partial charge in [-0.1, -0.05) is 127 Å². The van der Waals surface area contributed by atoms with Gasteiger partial charge < -0.3 is 19.6 Å². The Morgan fingerprint density at radius 2 is 0.393 bits per heavy atom. The number of rotatable bonds is 12. The summed E-state index contributed by atoms with van der Waals surface area (Å²) in [6.45, 7) is 6.54. The summed E-state index contributed by atoms with van der Waals surface area (Å²) in [7, 11) is 0. The molecule has 0 spiro atoms. The topological polar surface area (TPSA) is 13.0 Å². The van der Waals surface area contributed by atoms with Gasteiger partial charge >= 0.3 is 0 Å². The van der Waals surface area contributed by atoms with E-state index < -0.39 is 0 Å². The van der Waals surface area contributed by atoms with E-state index in [-0.39, 0.29) is 0 Å². The van der Waals surface area contributed by atoms with Crippen LogP contribution in [0.5, 0.6) is 0 Å². The zero-order valence-electron chi connectivity index (χ0n) is 34.8. The van der Waals surface area contributed by atoms with Crippen LogP contribution in [-0.4, -0.2) is 0 Å². The second kappa shape index (κ2) is 17.6. The van der Waals surface area contributed by atoms with Crippen LogP contribution in [0.2, 0.25) is 0 Å². The van der Waals surface area contributed by atoms with Crippen LogP contribution in [-0.2, 0) is 0 Å². The molecule has 0 bridgehead atoms. The Balaban J connectivity index is 1.40. The first-order valence-electron chi connectivity index (χ1n) is 20.9. The molecular formula is C57H48N4. The highest BCUT2D eigenvalue weighted by Gasteiger charge is 2.30. The van der Waals surface area contributed by atoms with Crippen LogP contribution in [0.3, 0.4) is 0 Å². The molecule has 9 rings (SSSR count). The molecular weight excluding hydrogens is 741 g/mol. The predicted molar refractivity (Wildman–Crippen MR) is 259 cm³/mol. The van der Waals surface area contributed by atoms with E-state index in [0.717, 1.165) is 84.9 Å². The molecule has 0 saturated carbocycles. The molecule has 0 amide bonds. The predicted octanol–water partition coefficient (Wildman–Crippen LogP) is 16.5. The van der Waals surface area contributed by atoms with Crippen molar-refractivity contribution in [1.82, 2.24) is 0 Å². The van der Waals surface area contributed by atoms with Crippen molar-refractivity contribution in [3.8, 4) is 0 Å². The smallest absolute Gasteiger partial charge is 0.0705 e. The lowest BCUT2D eigenvalue weighted by Crippen LogP contribution is -2.22. The number of para-hydroxylation sites is 6. The van der Waals surface area contributed by atoms with Crippen LogP contribution in [0, 0.1) is 20.8 Å². The first-order chi connectivity index (χ1) is 30.0. The largest absolute Gasteiger partial charge is 0.308 e. The summed E-state index contributed by atoms with van der Waals surface area (Å²) in [4.78, 5) is 9.63. The average molecular weight is 789 g/mol. The van der Waals surface area contributed by atoms with Gasteiger partial charge in [-0.2, -0.15) is 0 Å². The van der Waals surface area contributed by atoms with E-state index in [2.05, 4.69) is 277 Å². The van der Waals surface area contributed by atoms with E-state index in [1.54, 1.807) is 0 Å². The molecule has 0 aliphatic heterocycles. The summed E-state index contributed by atoms with van der Waals surface area (Å²) in [6, 6.07) is 84.7. The van der Waals surface area contributed by atoms with Gasteiger partial charge in [-0.05, 0) is 147 Å². The Hall–Kier alpha value is -7.82. The standard InChI is InChI=1S/C57H48N4/c1-43-34-37-52(55(40-43)58(46-22-10-4-11-23-46)47-24-12-5-13-25-47)61(53-38-35-44(2)41-56(53)59(48-26-14-6-15-27-48)49-28-16-7-17-29-49)54-39-36-45(3)42-57(54)60(50-30-18-8-19-31-50)51-32-20-9-21-33-51/h4-42H,1-3H3. The molecule has 0 aliphatic rings. The summed E-state index contributed by atoms with van der Waals surface area (Å²) in [6.07, 6.45) is 0. The van der Waals surface area contributed by atoms with E-state index in [4.69, 9.17) is 0 Å². The van der Waals surface area contributed by atoms with Crippen molar-refractivity contribution >= 4 is 68.2 Å². The zero-order valence-corrected chi connectivity index (χ0v) is 34.8. The van der Waals surface area contributed by atoms with Crippen molar-refractivity contribution in [1.29, 1.82) is 0 Å². The highest BCUT2D eigenvalue weighted by Crippen LogP contribution is 2.53. The number of aryl methyl sites for hydroxylation is 3. The zero-order chi connectivity index (χ0) is 41.5. The lowest BCUT2D eigenvalue weighted by atomic mass is 10.0. The summed E-state index contributed by atoms with van der Waals surface area (Å²) in [5.41, 5.74) is 16.1. The van der Waals surface area contributed by atoms with Crippen molar-refractivity contribution < 1.29 is 0 Å². The quantitative estimate of drug-likeness (QED) is 0.122. The van der Waals surface area contributed by atoms with Crippen LogP contribution in [0.25, 0.3) is 0 Å². The SMILES string of the molecule is Cc1ccc(N(c2ccc(C)cc2N(c2ccccc2)c2ccccc2)c2ccc(C)cc2N(c2ccccc2)c2ccccc2)c(N(c2ccccc2)c2ccccc2)c1. The van der Waals surface area contributed by atoms with E-state index >= 15 is 0 Å². The second-order valence-corrected chi connectivity index (χ2v) is 15.3. The van der Waals surface area contributed by atoms with Gasteiger partial charge in [-0.3, -0.25) is 0 Å². The van der Waals surface area contributed by atoms with Crippen LogP contribution in [0.1, 0.15) is 16.7 Å². The molecule has 61 heavy (non-hydrogen) atoms. The molecule has 4 nitrogen and oxygen atoms in total. The molecule has 0 aliphatic carbocycles. The molecule has 9 aromatic rings. The summed E-state index contributed by atoms with van der Waals surface area (Å²) >= 11 is 0. The first-order valence-corrected chi connectivity index (χ1v) is 20.9. The number of anilines is 12. The van der Waals surface area contributed by atoms with Gasteiger partial charge in [0.1, 0.15) is 0 Å². The lowest BCUT2D eigenvalue weighted by Gasteiger charge is -2.38. The van der Waals surface area contributed by atoms with Crippen LogP contribution in [0.4, 0.5) is 68.2 Å². The maximum Gasteiger partial charge on any atom is 0.0705 e. The number of hydrogen-bond acceptors (Lipinski definition) is 4. The molecule has 0 atom stereocenters. The fraction of sp³-hybridized carbons (Fsp3) is 0.0526. The average Bonchev–Trinajstić information content (AvgIpc) is 3.31. The number of nitrogens with zero attached hydrogens (tertiary/aromatic N) is 4. The molecule has 0 saturated heterocycles. The highest BCUT2D eigenvalue weighted by atomic mass is 15.3. The second-order valence-electron chi connectivity index (χ2n) is 15.3. The van der Waals surface area contributed by atoms with Crippen molar-refractivity contribution in [2.45, 2.75) is 20.8 Å². The van der Waals surface area contributed by atoms with E-state index in [1.165, 1.54) is 0 Å². The normalized spacial score (nSPS) is 10.9. The third-order valence-corrected chi connectivity index (χ3v) is 10.9. The fourth-order valence-corrected chi connectivity index (χ4v) is 8.14. The highest BCUT2D eigenvalue weighted by molar-refractivity contribution is 6.00. The van der Waals surface area contributed by atoms with Crippen molar-refractivity contribution in [3.05, 3.63) is 253 Å². The minimum atomic E-state index is 1.02. The summed E-state index contributed by atoms with van der Waals surface area (Å²) in [5, 5.41) is 0. The molecule has 0 fully saturated rings.